The Balaban J connectivity index is 1.43. The monoisotopic (exact) mass is 390 g/mol. The van der Waals surface area contributed by atoms with Crippen molar-refractivity contribution in [2.45, 2.75) is 26.9 Å². The zero-order chi connectivity index (χ0) is 20.4. The van der Waals surface area contributed by atoms with Crippen molar-refractivity contribution >= 4 is 5.97 Å². The first-order chi connectivity index (χ1) is 14.0. The molecule has 0 amide bonds. The molecular weight excluding hydrogens is 372 g/mol. The predicted octanol–water partition coefficient (Wildman–Crippen LogP) is 4.32. The molecule has 0 N–H and O–H groups in total. The topological polar surface area (TPSA) is 104 Å². The molecule has 0 saturated heterocycles. The van der Waals surface area contributed by atoms with E-state index >= 15 is 0 Å². The standard InChI is InChI=1S/C21H18N4O4/c1-12-4-6-16(7-5-12)20-24-23-18(28-20)13(2)27-21(26)17-10-8-15(9-11-17)19-22-14(3)25-29-19/h4-11,13H,1-3H3. The van der Waals surface area contributed by atoms with Gasteiger partial charge in [0.2, 0.25) is 5.89 Å². The van der Waals surface area contributed by atoms with Gasteiger partial charge in [-0.1, -0.05) is 22.9 Å². The second-order valence-corrected chi connectivity index (χ2v) is 6.58. The normalized spacial score (nSPS) is 12.0. The van der Waals surface area contributed by atoms with Gasteiger partial charge < -0.3 is 13.7 Å². The van der Waals surface area contributed by atoms with E-state index in [4.69, 9.17) is 13.7 Å². The first kappa shape index (κ1) is 18.5. The lowest BCUT2D eigenvalue weighted by molar-refractivity contribution is 0.0280. The van der Waals surface area contributed by atoms with Gasteiger partial charge in [-0.2, -0.15) is 4.98 Å². The SMILES string of the molecule is Cc1ccc(-c2nnc(C(C)OC(=O)c3ccc(-c4nc(C)no4)cc3)o2)cc1. The highest BCUT2D eigenvalue weighted by molar-refractivity contribution is 5.90. The summed E-state index contributed by atoms with van der Waals surface area (Å²) in [5, 5.41) is 11.8. The fraction of sp³-hybridized carbons (Fsp3) is 0.190. The Hall–Kier alpha value is -3.81. The van der Waals surface area contributed by atoms with Crippen molar-refractivity contribution in [2.24, 2.45) is 0 Å². The number of nitrogens with zero attached hydrogens (tertiary/aromatic N) is 4. The number of rotatable bonds is 5. The number of carbonyl (C=O) groups is 1. The lowest BCUT2D eigenvalue weighted by Gasteiger charge is -2.09. The maximum atomic E-state index is 12.4. The summed E-state index contributed by atoms with van der Waals surface area (Å²) in [4.78, 5) is 16.6. The Bertz CT molecular complexity index is 1130. The molecule has 4 aromatic rings. The Morgan fingerprint density at radius 2 is 1.59 bits per heavy atom. The quantitative estimate of drug-likeness (QED) is 0.464. The molecule has 0 aliphatic carbocycles. The van der Waals surface area contributed by atoms with Gasteiger partial charge in [-0.15, -0.1) is 10.2 Å². The highest BCUT2D eigenvalue weighted by Crippen LogP contribution is 2.24. The Morgan fingerprint density at radius 3 is 2.24 bits per heavy atom. The van der Waals surface area contributed by atoms with Crippen molar-refractivity contribution in [3.8, 4) is 22.9 Å². The van der Waals surface area contributed by atoms with Gasteiger partial charge in [-0.05, 0) is 57.2 Å². The van der Waals surface area contributed by atoms with E-state index < -0.39 is 12.1 Å². The number of hydrogen-bond donors (Lipinski definition) is 0. The Morgan fingerprint density at radius 1 is 0.931 bits per heavy atom. The second-order valence-electron chi connectivity index (χ2n) is 6.58. The molecule has 0 radical (unpaired) electrons. The molecule has 0 spiro atoms. The van der Waals surface area contributed by atoms with Gasteiger partial charge in [-0.3, -0.25) is 0 Å². The maximum Gasteiger partial charge on any atom is 0.338 e. The molecule has 2 heterocycles. The van der Waals surface area contributed by atoms with Gasteiger partial charge >= 0.3 is 5.97 Å². The van der Waals surface area contributed by atoms with E-state index in [-0.39, 0.29) is 5.89 Å². The third-order valence-corrected chi connectivity index (χ3v) is 4.27. The van der Waals surface area contributed by atoms with Gasteiger partial charge in [0.1, 0.15) is 0 Å². The molecule has 29 heavy (non-hydrogen) atoms. The van der Waals surface area contributed by atoms with Gasteiger partial charge in [0.15, 0.2) is 11.9 Å². The van der Waals surface area contributed by atoms with Crippen LogP contribution in [-0.4, -0.2) is 26.3 Å². The minimum atomic E-state index is -0.688. The number of hydrogen-bond acceptors (Lipinski definition) is 8. The third-order valence-electron chi connectivity index (χ3n) is 4.27. The molecule has 8 nitrogen and oxygen atoms in total. The molecule has 0 saturated carbocycles. The molecule has 4 rings (SSSR count). The van der Waals surface area contributed by atoms with Crippen LogP contribution in [0.5, 0.6) is 0 Å². The largest absolute Gasteiger partial charge is 0.449 e. The van der Waals surface area contributed by atoms with E-state index in [9.17, 15) is 4.79 Å². The maximum absolute atomic E-state index is 12.4. The third kappa shape index (κ3) is 4.06. The van der Waals surface area contributed by atoms with E-state index in [1.807, 2.05) is 31.2 Å². The van der Waals surface area contributed by atoms with Crippen LogP contribution in [0.4, 0.5) is 0 Å². The molecular formula is C21H18N4O4. The van der Waals surface area contributed by atoms with Gasteiger partial charge in [0.25, 0.3) is 11.8 Å². The summed E-state index contributed by atoms with van der Waals surface area (Å²) in [5.74, 6) is 1.04. The number of benzene rings is 2. The van der Waals surface area contributed by atoms with E-state index in [1.54, 1.807) is 38.1 Å². The van der Waals surface area contributed by atoms with Crippen LogP contribution in [0.3, 0.4) is 0 Å². The average molecular weight is 390 g/mol. The van der Waals surface area contributed by atoms with Crippen molar-refractivity contribution < 1.29 is 18.5 Å². The zero-order valence-electron chi connectivity index (χ0n) is 16.1. The molecule has 0 aliphatic heterocycles. The fourth-order valence-electron chi connectivity index (χ4n) is 2.65. The Kier molecular flexibility index (Phi) is 4.90. The summed E-state index contributed by atoms with van der Waals surface area (Å²) in [6.45, 7) is 5.42. The molecule has 0 aliphatic rings. The van der Waals surface area contributed by atoms with E-state index in [0.717, 1.165) is 16.7 Å². The summed E-state index contributed by atoms with van der Waals surface area (Å²) < 4.78 is 16.2. The minimum Gasteiger partial charge on any atom is -0.449 e. The van der Waals surface area contributed by atoms with Crippen molar-refractivity contribution in [3.05, 3.63) is 71.4 Å². The first-order valence-corrected chi connectivity index (χ1v) is 9.02. The first-order valence-electron chi connectivity index (χ1n) is 9.02. The number of esters is 1. The zero-order valence-corrected chi connectivity index (χ0v) is 16.1. The van der Waals surface area contributed by atoms with Crippen LogP contribution >= 0.6 is 0 Å². The van der Waals surface area contributed by atoms with E-state index in [2.05, 4.69) is 20.3 Å². The summed E-state index contributed by atoms with van der Waals surface area (Å²) in [6.07, 6.45) is -0.688. The molecule has 0 bridgehead atoms. The molecule has 1 unspecified atom stereocenters. The van der Waals surface area contributed by atoms with Crippen LogP contribution in [-0.2, 0) is 4.74 Å². The molecule has 2 aromatic heterocycles. The van der Waals surface area contributed by atoms with Crippen LogP contribution in [0.15, 0.2) is 57.5 Å². The molecule has 2 aromatic carbocycles. The van der Waals surface area contributed by atoms with Crippen LogP contribution in [0, 0.1) is 13.8 Å². The Labute approximate surface area is 166 Å². The van der Waals surface area contributed by atoms with Crippen LogP contribution < -0.4 is 0 Å². The molecule has 8 heteroatoms. The second kappa shape index (κ2) is 7.67. The van der Waals surface area contributed by atoms with Gasteiger partial charge in [-0.25, -0.2) is 4.79 Å². The number of carbonyl (C=O) groups excluding carboxylic acids is 1. The summed E-state index contributed by atoms with van der Waals surface area (Å²) in [7, 11) is 0. The van der Waals surface area contributed by atoms with Crippen molar-refractivity contribution in [1.82, 2.24) is 20.3 Å². The smallest absolute Gasteiger partial charge is 0.338 e. The lowest BCUT2D eigenvalue weighted by atomic mass is 10.1. The summed E-state index contributed by atoms with van der Waals surface area (Å²) in [5.41, 5.74) is 3.04. The van der Waals surface area contributed by atoms with Gasteiger partial charge in [0, 0.05) is 11.1 Å². The van der Waals surface area contributed by atoms with Crippen molar-refractivity contribution in [3.63, 3.8) is 0 Å². The van der Waals surface area contributed by atoms with Crippen LogP contribution in [0.25, 0.3) is 22.9 Å². The van der Waals surface area contributed by atoms with E-state index in [0.29, 0.717) is 23.2 Å². The highest BCUT2D eigenvalue weighted by Gasteiger charge is 2.20. The van der Waals surface area contributed by atoms with Crippen molar-refractivity contribution in [1.29, 1.82) is 0 Å². The molecule has 1 atom stereocenters. The van der Waals surface area contributed by atoms with E-state index in [1.165, 1.54) is 0 Å². The summed E-state index contributed by atoms with van der Waals surface area (Å²) in [6, 6.07) is 14.4. The number of aryl methyl sites for hydroxylation is 2. The summed E-state index contributed by atoms with van der Waals surface area (Å²) >= 11 is 0. The average Bonchev–Trinajstić information content (AvgIpc) is 3.38. The van der Waals surface area contributed by atoms with Crippen LogP contribution in [0.1, 0.15) is 40.7 Å². The molecule has 146 valence electrons. The predicted molar refractivity (Wildman–Crippen MR) is 103 cm³/mol. The van der Waals surface area contributed by atoms with Crippen molar-refractivity contribution in [2.75, 3.05) is 0 Å². The minimum absolute atomic E-state index is 0.229. The number of aromatic nitrogens is 4. The highest BCUT2D eigenvalue weighted by atomic mass is 16.6. The van der Waals surface area contributed by atoms with Crippen LogP contribution in [0.2, 0.25) is 0 Å². The fourth-order valence-corrected chi connectivity index (χ4v) is 2.65. The lowest BCUT2D eigenvalue weighted by Crippen LogP contribution is -2.09. The number of ether oxygens (including phenoxy) is 1. The van der Waals surface area contributed by atoms with Gasteiger partial charge in [0.05, 0.1) is 5.56 Å². The molecule has 0 fully saturated rings.